The molecule has 44 heavy (non-hydrogen) atoms. The van der Waals surface area contributed by atoms with Crippen LogP contribution in [0.2, 0.25) is 0 Å². The number of hydrogen-bond donors (Lipinski definition) is 1. The fourth-order valence-corrected chi connectivity index (χ4v) is 6.94. The summed E-state index contributed by atoms with van der Waals surface area (Å²) in [5, 5.41) is 3.83. The van der Waals surface area contributed by atoms with Crippen molar-refractivity contribution in [2.24, 2.45) is 0 Å². The van der Waals surface area contributed by atoms with Gasteiger partial charge in [-0.25, -0.2) is 4.39 Å². The summed E-state index contributed by atoms with van der Waals surface area (Å²) in [7, 11) is 0. The molecule has 0 amide bonds. The number of nitrogens with zero attached hydrogens (tertiary/aromatic N) is 6. The van der Waals surface area contributed by atoms with Gasteiger partial charge in [0.2, 0.25) is 0 Å². The molecule has 4 aromatic rings. The summed E-state index contributed by atoms with van der Waals surface area (Å²) >= 11 is 0. The molecule has 1 aliphatic carbocycles. The van der Waals surface area contributed by atoms with Crippen LogP contribution < -0.4 is 20.5 Å². The van der Waals surface area contributed by atoms with Gasteiger partial charge in [0.05, 0.1) is 23.1 Å². The van der Waals surface area contributed by atoms with Crippen molar-refractivity contribution in [1.82, 2.24) is 24.8 Å². The Bertz CT molecular complexity index is 1690. The molecule has 0 bridgehead atoms. The van der Waals surface area contributed by atoms with Crippen molar-refractivity contribution in [1.29, 1.82) is 0 Å². The second-order valence-corrected chi connectivity index (χ2v) is 12.8. The van der Waals surface area contributed by atoms with E-state index in [2.05, 4.69) is 65.0 Å². The Labute approximate surface area is 258 Å². The number of benzene rings is 1. The van der Waals surface area contributed by atoms with E-state index in [9.17, 15) is 4.79 Å². The topological polar surface area (TPSA) is 69.5 Å². The number of pyridine rings is 3. The molecule has 3 aliphatic rings. The van der Waals surface area contributed by atoms with Crippen LogP contribution in [0.5, 0.6) is 0 Å². The average Bonchev–Trinajstić information content (AvgIpc) is 3.88. The predicted molar refractivity (Wildman–Crippen MR) is 174 cm³/mol. The first-order valence-electron chi connectivity index (χ1n) is 16.1. The first-order chi connectivity index (χ1) is 21.4. The molecule has 1 atom stereocenters. The summed E-state index contributed by atoms with van der Waals surface area (Å²) in [6, 6.07) is 12.4. The summed E-state index contributed by atoms with van der Waals surface area (Å²) in [4.78, 5) is 30.1. The first kappa shape index (κ1) is 28.9. The molecule has 1 aromatic carbocycles. The van der Waals surface area contributed by atoms with Crippen LogP contribution in [0.25, 0.3) is 10.9 Å². The van der Waals surface area contributed by atoms with Gasteiger partial charge in [-0.15, -0.1) is 0 Å². The smallest absolute Gasteiger partial charge is 0.193 e. The SMILES string of the molecule is Cc1ccc(N2CCC[C@H](N(Cc3ccnc(C)c3)Cc3cn(C4CC4)c4cc(N5CCNCC5)c(F)cc4c3=O)C2)cn1. The van der Waals surface area contributed by atoms with Gasteiger partial charge >= 0.3 is 0 Å². The number of rotatable bonds is 8. The van der Waals surface area contributed by atoms with E-state index >= 15 is 4.39 Å². The van der Waals surface area contributed by atoms with Gasteiger partial charge in [-0.1, -0.05) is 0 Å². The lowest BCUT2D eigenvalue weighted by Crippen LogP contribution is -2.48. The summed E-state index contributed by atoms with van der Waals surface area (Å²) in [5.41, 5.74) is 6.44. The summed E-state index contributed by atoms with van der Waals surface area (Å²) in [6.45, 7) is 10.3. The Morgan fingerprint density at radius 1 is 0.955 bits per heavy atom. The zero-order valence-corrected chi connectivity index (χ0v) is 25.8. The second kappa shape index (κ2) is 12.3. The first-order valence-corrected chi connectivity index (χ1v) is 16.1. The van der Waals surface area contributed by atoms with E-state index in [0.29, 0.717) is 30.2 Å². The number of piperazine rings is 1. The molecule has 1 saturated carbocycles. The van der Waals surface area contributed by atoms with Gasteiger partial charge in [-0.05, 0) is 81.5 Å². The highest BCUT2D eigenvalue weighted by molar-refractivity contribution is 5.84. The monoisotopic (exact) mass is 595 g/mol. The summed E-state index contributed by atoms with van der Waals surface area (Å²) in [6.07, 6.45) is 10.2. The van der Waals surface area contributed by atoms with Crippen molar-refractivity contribution in [2.45, 2.75) is 64.7 Å². The highest BCUT2D eigenvalue weighted by Crippen LogP contribution is 2.38. The zero-order chi connectivity index (χ0) is 30.2. The van der Waals surface area contributed by atoms with Crippen molar-refractivity contribution in [2.75, 3.05) is 49.1 Å². The molecule has 0 radical (unpaired) electrons. The van der Waals surface area contributed by atoms with E-state index in [-0.39, 0.29) is 17.3 Å². The molecular weight excluding hydrogens is 553 g/mol. The fourth-order valence-electron chi connectivity index (χ4n) is 6.94. The predicted octanol–water partition coefficient (Wildman–Crippen LogP) is 4.96. The lowest BCUT2D eigenvalue weighted by molar-refractivity contribution is 0.158. The molecule has 9 heteroatoms. The highest BCUT2D eigenvalue weighted by atomic mass is 19.1. The molecule has 2 saturated heterocycles. The van der Waals surface area contributed by atoms with Crippen LogP contribution in [0.15, 0.2) is 59.8 Å². The molecule has 5 heterocycles. The van der Waals surface area contributed by atoms with Crippen LogP contribution in [0.1, 0.15) is 54.2 Å². The van der Waals surface area contributed by atoms with Gasteiger partial charge in [0.25, 0.3) is 0 Å². The Morgan fingerprint density at radius 2 is 1.80 bits per heavy atom. The van der Waals surface area contributed by atoms with Crippen LogP contribution in [-0.2, 0) is 13.1 Å². The molecule has 1 N–H and O–H groups in total. The molecule has 2 aliphatic heterocycles. The van der Waals surface area contributed by atoms with E-state index < -0.39 is 0 Å². The lowest BCUT2D eigenvalue weighted by atomic mass is 10.0. The number of nitrogens with one attached hydrogen (secondary N) is 1. The van der Waals surface area contributed by atoms with E-state index in [1.54, 1.807) is 0 Å². The minimum absolute atomic E-state index is 0.0611. The molecule has 3 fully saturated rings. The molecule has 8 nitrogen and oxygen atoms in total. The van der Waals surface area contributed by atoms with Crippen molar-refractivity contribution >= 4 is 22.3 Å². The molecule has 0 unspecified atom stereocenters. The van der Waals surface area contributed by atoms with Crippen LogP contribution in [0.3, 0.4) is 0 Å². The maximum atomic E-state index is 15.6. The van der Waals surface area contributed by atoms with Crippen molar-refractivity contribution in [3.8, 4) is 0 Å². The standard InChI is InChI=1S/C35H42FN7O/c1-24-5-6-29(19-39-24)41-13-3-4-30(23-41)42(20-26-9-10-38-25(2)16-26)21-27-22-43(28-7-8-28)33-18-34(40-14-11-37-12-15-40)32(36)17-31(33)35(27)44/h5-6,9-10,16-19,22,28,30,37H,3-4,7-8,11-15,20-21,23H2,1-2H3/t30-/m0/s1. The molecule has 3 aromatic heterocycles. The highest BCUT2D eigenvalue weighted by Gasteiger charge is 2.30. The average molecular weight is 596 g/mol. The maximum Gasteiger partial charge on any atom is 0.193 e. The molecule has 230 valence electrons. The van der Waals surface area contributed by atoms with E-state index in [1.807, 2.05) is 32.3 Å². The molecule has 7 rings (SSSR count). The van der Waals surface area contributed by atoms with E-state index in [4.69, 9.17) is 0 Å². The zero-order valence-electron chi connectivity index (χ0n) is 25.8. The van der Waals surface area contributed by atoms with E-state index in [1.165, 1.54) is 11.6 Å². The number of aromatic nitrogens is 3. The third-order valence-electron chi connectivity index (χ3n) is 9.47. The van der Waals surface area contributed by atoms with E-state index in [0.717, 1.165) is 93.1 Å². The number of fused-ring (bicyclic) bond motifs is 1. The molecular formula is C35H42FN7O. The van der Waals surface area contributed by atoms with Crippen LogP contribution in [0.4, 0.5) is 15.8 Å². The third kappa shape index (κ3) is 6.08. The largest absolute Gasteiger partial charge is 0.369 e. The van der Waals surface area contributed by atoms with Gasteiger partial charge < -0.3 is 19.7 Å². The van der Waals surface area contributed by atoms with Crippen molar-refractivity contribution in [3.05, 3.63) is 93.5 Å². The van der Waals surface area contributed by atoms with Crippen LogP contribution >= 0.6 is 0 Å². The number of halogens is 1. The number of hydrogen-bond acceptors (Lipinski definition) is 7. The van der Waals surface area contributed by atoms with Crippen LogP contribution in [-0.4, -0.2) is 64.7 Å². The van der Waals surface area contributed by atoms with Gasteiger partial charge in [0.15, 0.2) is 5.43 Å². The second-order valence-electron chi connectivity index (χ2n) is 12.8. The summed E-state index contributed by atoms with van der Waals surface area (Å²) in [5.74, 6) is -0.310. The Hall–Kier alpha value is -3.82. The van der Waals surface area contributed by atoms with Crippen molar-refractivity contribution < 1.29 is 4.39 Å². The number of aryl methyl sites for hydroxylation is 2. The third-order valence-corrected chi connectivity index (χ3v) is 9.47. The quantitative estimate of drug-likeness (QED) is 0.309. The van der Waals surface area contributed by atoms with Crippen molar-refractivity contribution in [3.63, 3.8) is 0 Å². The Kier molecular flexibility index (Phi) is 8.08. The minimum atomic E-state index is -0.310. The lowest BCUT2D eigenvalue weighted by Gasteiger charge is -2.40. The Balaban J connectivity index is 1.25. The van der Waals surface area contributed by atoms with Crippen LogP contribution in [0, 0.1) is 19.7 Å². The molecule has 0 spiro atoms. The normalized spacial score (nSPS) is 19.2. The van der Waals surface area contributed by atoms with Gasteiger partial charge in [0.1, 0.15) is 5.82 Å². The maximum absolute atomic E-state index is 15.6. The van der Waals surface area contributed by atoms with Gasteiger partial charge in [-0.3, -0.25) is 19.7 Å². The minimum Gasteiger partial charge on any atom is -0.369 e. The number of piperidine rings is 1. The Morgan fingerprint density at radius 3 is 2.55 bits per heavy atom. The summed E-state index contributed by atoms with van der Waals surface area (Å²) < 4.78 is 17.9. The van der Waals surface area contributed by atoms with Gasteiger partial charge in [-0.2, -0.15) is 0 Å². The number of anilines is 2. The fraction of sp³-hybridized carbons (Fsp3) is 0.457. The van der Waals surface area contributed by atoms with Gasteiger partial charge in [0, 0.05) is 99.2 Å².